The van der Waals surface area contributed by atoms with Crippen LogP contribution in [0.5, 0.6) is 11.5 Å². The number of rotatable bonds is 8. The summed E-state index contributed by atoms with van der Waals surface area (Å²) in [5.41, 5.74) is 3.19. The zero-order valence-electron chi connectivity index (χ0n) is 15.3. The fourth-order valence-electron chi connectivity index (χ4n) is 2.72. The molecule has 146 valence electrons. The molecule has 0 fully saturated rings. The third-order valence-corrected chi connectivity index (χ3v) is 5.54. The Labute approximate surface area is 183 Å². The number of nitrogens with one attached hydrogen (secondary N) is 1. The molecule has 3 nitrogen and oxygen atoms in total. The Morgan fingerprint density at radius 1 is 0.893 bits per heavy atom. The summed E-state index contributed by atoms with van der Waals surface area (Å²) in [7, 11) is 1.63. The van der Waals surface area contributed by atoms with E-state index in [1.165, 1.54) is 5.56 Å². The zero-order chi connectivity index (χ0) is 19.9. The molecule has 0 bridgehead atoms. The minimum absolute atomic E-state index is 0.324. The van der Waals surface area contributed by atoms with E-state index in [0.29, 0.717) is 34.7 Å². The molecule has 1 N–H and O–H groups in total. The molecule has 0 atom stereocenters. The van der Waals surface area contributed by atoms with Crippen molar-refractivity contribution in [3.63, 3.8) is 0 Å². The second-order valence-corrected chi connectivity index (χ2v) is 7.91. The SMILES string of the molecule is COc1cc(CNCc2ccccc2)c(Br)cc1OCc1ccc(Cl)cc1Cl. The highest BCUT2D eigenvalue weighted by atomic mass is 79.9. The van der Waals surface area contributed by atoms with Crippen molar-refractivity contribution >= 4 is 39.1 Å². The number of methoxy groups -OCH3 is 1. The Balaban J connectivity index is 1.66. The van der Waals surface area contributed by atoms with Crippen molar-refractivity contribution in [2.45, 2.75) is 19.7 Å². The highest BCUT2D eigenvalue weighted by molar-refractivity contribution is 9.10. The number of hydrogen-bond acceptors (Lipinski definition) is 3. The number of halogens is 3. The Kier molecular flexibility index (Phi) is 7.63. The van der Waals surface area contributed by atoms with Crippen LogP contribution in [0.2, 0.25) is 10.0 Å². The van der Waals surface area contributed by atoms with Crippen molar-refractivity contribution in [1.82, 2.24) is 5.32 Å². The van der Waals surface area contributed by atoms with Gasteiger partial charge in [0, 0.05) is 33.2 Å². The Bertz CT molecular complexity index is 935. The monoisotopic (exact) mass is 479 g/mol. The fourth-order valence-corrected chi connectivity index (χ4v) is 3.64. The molecule has 3 aromatic rings. The van der Waals surface area contributed by atoms with Crippen LogP contribution in [-0.4, -0.2) is 7.11 Å². The Morgan fingerprint density at radius 3 is 2.39 bits per heavy atom. The maximum atomic E-state index is 6.22. The number of hydrogen-bond donors (Lipinski definition) is 1. The summed E-state index contributed by atoms with van der Waals surface area (Å²) >= 11 is 15.8. The van der Waals surface area contributed by atoms with Crippen molar-refractivity contribution < 1.29 is 9.47 Å². The van der Waals surface area contributed by atoms with Crippen LogP contribution in [0.1, 0.15) is 16.7 Å². The molecule has 0 amide bonds. The maximum absolute atomic E-state index is 6.22. The van der Waals surface area contributed by atoms with Crippen molar-refractivity contribution in [2.24, 2.45) is 0 Å². The van der Waals surface area contributed by atoms with Crippen molar-refractivity contribution in [2.75, 3.05) is 7.11 Å². The third kappa shape index (κ3) is 5.65. The van der Waals surface area contributed by atoms with E-state index in [9.17, 15) is 0 Å². The van der Waals surface area contributed by atoms with Crippen LogP contribution in [0, 0.1) is 0 Å². The topological polar surface area (TPSA) is 30.5 Å². The highest BCUT2D eigenvalue weighted by Crippen LogP contribution is 2.34. The molecule has 0 heterocycles. The predicted octanol–water partition coefficient (Wildman–Crippen LogP) is 6.63. The summed E-state index contributed by atoms with van der Waals surface area (Å²) in [6, 6.07) is 19.5. The Hall–Kier alpha value is -1.72. The van der Waals surface area contributed by atoms with E-state index in [2.05, 4.69) is 33.4 Å². The predicted molar refractivity (Wildman–Crippen MR) is 118 cm³/mol. The molecule has 0 aromatic heterocycles. The van der Waals surface area contributed by atoms with Gasteiger partial charge in [0.05, 0.1) is 7.11 Å². The lowest BCUT2D eigenvalue weighted by atomic mass is 10.2. The summed E-state index contributed by atoms with van der Waals surface area (Å²) in [5.74, 6) is 1.32. The summed E-state index contributed by atoms with van der Waals surface area (Å²) in [6.07, 6.45) is 0. The van der Waals surface area contributed by atoms with Gasteiger partial charge in [-0.25, -0.2) is 0 Å². The van der Waals surface area contributed by atoms with Crippen LogP contribution in [0.4, 0.5) is 0 Å². The van der Waals surface area contributed by atoms with Gasteiger partial charge in [0.1, 0.15) is 6.61 Å². The first-order chi connectivity index (χ1) is 13.6. The highest BCUT2D eigenvalue weighted by Gasteiger charge is 2.12. The van der Waals surface area contributed by atoms with Crippen molar-refractivity contribution in [3.8, 4) is 11.5 Å². The van der Waals surface area contributed by atoms with Gasteiger partial charge in [0.25, 0.3) is 0 Å². The smallest absolute Gasteiger partial charge is 0.162 e. The molecule has 0 saturated carbocycles. The van der Waals surface area contributed by atoms with Crippen LogP contribution in [-0.2, 0) is 19.7 Å². The number of benzene rings is 3. The first kappa shape index (κ1) is 21.0. The molecular formula is C22H20BrCl2NO2. The molecule has 28 heavy (non-hydrogen) atoms. The van der Waals surface area contributed by atoms with Gasteiger partial charge in [-0.05, 0) is 35.4 Å². The van der Waals surface area contributed by atoms with E-state index in [1.54, 1.807) is 19.2 Å². The van der Waals surface area contributed by atoms with Crippen LogP contribution in [0.15, 0.2) is 65.1 Å². The standard InChI is InChI=1S/C22H20BrCl2NO2/c1-27-21-9-17(13-26-12-15-5-3-2-4-6-15)19(23)11-22(21)28-14-16-7-8-18(24)10-20(16)25/h2-11,26H,12-14H2,1H3. The minimum atomic E-state index is 0.324. The van der Waals surface area contributed by atoms with Gasteiger partial charge < -0.3 is 14.8 Å². The van der Waals surface area contributed by atoms with E-state index in [0.717, 1.165) is 22.1 Å². The minimum Gasteiger partial charge on any atom is -0.493 e. The Morgan fingerprint density at radius 2 is 1.68 bits per heavy atom. The van der Waals surface area contributed by atoms with E-state index in [1.807, 2.05) is 36.4 Å². The molecule has 0 saturated heterocycles. The largest absolute Gasteiger partial charge is 0.493 e. The first-order valence-corrected chi connectivity index (χ1v) is 10.3. The number of ether oxygens (including phenoxy) is 2. The molecule has 6 heteroatoms. The molecule has 0 aliphatic heterocycles. The molecule has 0 spiro atoms. The van der Waals surface area contributed by atoms with Gasteiger partial charge in [-0.2, -0.15) is 0 Å². The molecule has 0 aliphatic carbocycles. The average molecular weight is 481 g/mol. The summed E-state index contributed by atoms with van der Waals surface area (Å²) in [4.78, 5) is 0. The second-order valence-electron chi connectivity index (χ2n) is 6.21. The molecule has 0 aliphatic rings. The van der Waals surface area contributed by atoms with E-state index in [-0.39, 0.29) is 0 Å². The van der Waals surface area contributed by atoms with Gasteiger partial charge >= 0.3 is 0 Å². The van der Waals surface area contributed by atoms with Gasteiger partial charge in [0.2, 0.25) is 0 Å². The molecule has 0 unspecified atom stereocenters. The third-order valence-electron chi connectivity index (χ3n) is 4.22. The first-order valence-electron chi connectivity index (χ1n) is 8.74. The van der Waals surface area contributed by atoms with Crippen LogP contribution >= 0.6 is 39.1 Å². The molecule has 0 radical (unpaired) electrons. The zero-order valence-corrected chi connectivity index (χ0v) is 18.4. The summed E-state index contributed by atoms with van der Waals surface area (Å²) in [5, 5.41) is 4.62. The van der Waals surface area contributed by atoms with Crippen molar-refractivity contribution in [3.05, 3.63) is 91.9 Å². The fraction of sp³-hybridized carbons (Fsp3) is 0.182. The summed E-state index contributed by atoms with van der Waals surface area (Å²) < 4.78 is 12.4. The van der Waals surface area contributed by atoms with Crippen molar-refractivity contribution in [1.29, 1.82) is 0 Å². The lowest BCUT2D eigenvalue weighted by molar-refractivity contribution is 0.284. The average Bonchev–Trinajstić information content (AvgIpc) is 2.69. The normalized spacial score (nSPS) is 10.7. The van der Waals surface area contributed by atoms with Crippen LogP contribution < -0.4 is 14.8 Å². The van der Waals surface area contributed by atoms with E-state index < -0.39 is 0 Å². The molecule has 3 aromatic carbocycles. The lowest BCUT2D eigenvalue weighted by Gasteiger charge is -2.15. The van der Waals surface area contributed by atoms with E-state index in [4.69, 9.17) is 32.7 Å². The van der Waals surface area contributed by atoms with Gasteiger partial charge in [-0.3, -0.25) is 0 Å². The van der Waals surface area contributed by atoms with Gasteiger partial charge in [-0.1, -0.05) is 75.5 Å². The molecular weight excluding hydrogens is 461 g/mol. The van der Waals surface area contributed by atoms with Gasteiger partial charge in [-0.15, -0.1) is 0 Å². The lowest BCUT2D eigenvalue weighted by Crippen LogP contribution is -2.13. The molecule has 3 rings (SSSR count). The van der Waals surface area contributed by atoms with Crippen LogP contribution in [0.3, 0.4) is 0 Å². The second kappa shape index (κ2) is 10.2. The van der Waals surface area contributed by atoms with Crippen LogP contribution in [0.25, 0.3) is 0 Å². The summed E-state index contributed by atoms with van der Waals surface area (Å²) in [6.45, 7) is 1.82. The quantitative estimate of drug-likeness (QED) is 0.392. The van der Waals surface area contributed by atoms with E-state index >= 15 is 0 Å². The maximum Gasteiger partial charge on any atom is 0.162 e. The van der Waals surface area contributed by atoms with Gasteiger partial charge in [0.15, 0.2) is 11.5 Å².